The van der Waals surface area contributed by atoms with E-state index >= 15 is 0 Å². The van der Waals surface area contributed by atoms with Crippen LogP contribution in [0, 0.1) is 25.2 Å². The van der Waals surface area contributed by atoms with Crippen molar-refractivity contribution in [3.05, 3.63) is 17.0 Å². The Morgan fingerprint density at radius 2 is 1.81 bits per heavy atom. The SMILES string of the molecule is CCn1nc(C)c(C(C)NCC(C)(C)C(O)C(C)C)c1C. The Kier molecular flexibility index (Phi) is 6.00. The molecule has 1 rings (SSSR count). The highest BCUT2D eigenvalue weighted by Gasteiger charge is 2.30. The number of hydrogen-bond acceptors (Lipinski definition) is 3. The Hall–Kier alpha value is -0.870. The number of aliphatic hydroxyl groups excluding tert-OH is 1. The van der Waals surface area contributed by atoms with Crippen LogP contribution in [0.3, 0.4) is 0 Å². The molecule has 4 heteroatoms. The summed E-state index contributed by atoms with van der Waals surface area (Å²) in [6.45, 7) is 18.5. The normalized spacial score (nSPS) is 15.5. The summed E-state index contributed by atoms with van der Waals surface area (Å²) in [7, 11) is 0. The molecule has 21 heavy (non-hydrogen) atoms. The van der Waals surface area contributed by atoms with Crippen molar-refractivity contribution < 1.29 is 5.11 Å². The highest BCUT2D eigenvalue weighted by atomic mass is 16.3. The first-order chi connectivity index (χ1) is 9.61. The first kappa shape index (κ1) is 18.2. The maximum Gasteiger partial charge on any atom is 0.0644 e. The van der Waals surface area contributed by atoms with Crippen LogP contribution in [0.15, 0.2) is 0 Å². The Morgan fingerprint density at radius 3 is 2.24 bits per heavy atom. The molecule has 0 radical (unpaired) electrons. The summed E-state index contributed by atoms with van der Waals surface area (Å²) in [6.07, 6.45) is -0.308. The molecule has 0 aliphatic heterocycles. The number of aryl methyl sites for hydroxylation is 2. The zero-order valence-electron chi connectivity index (χ0n) is 15.0. The van der Waals surface area contributed by atoms with Crippen molar-refractivity contribution in [2.75, 3.05) is 6.54 Å². The Bertz CT molecular complexity index is 463. The quantitative estimate of drug-likeness (QED) is 0.812. The minimum atomic E-state index is -0.308. The van der Waals surface area contributed by atoms with E-state index in [-0.39, 0.29) is 23.5 Å². The van der Waals surface area contributed by atoms with Crippen LogP contribution in [0.4, 0.5) is 0 Å². The van der Waals surface area contributed by atoms with Crippen molar-refractivity contribution in [1.82, 2.24) is 15.1 Å². The number of nitrogens with zero attached hydrogens (tertiary/aromatic N) is 2. The summed E-state index contributed by atoms with van der Waals surface area (Å²) < 4.78 is 2.05. The Morgan fingerprint density at radius 1 is 1.24 bits per heavy atom. The van der Waals surface area contributed by atoms with Gasteiger partial charge in [-0.1, -0.05) is 27.7 Å². The maximum atomic E-state index is 10.3. The molecule has 0 spiro atoms. The van der Waals surface area contributed by atoms with Crippen LogP contribution >= 0.6 is 0 Å². The number of rotatable bonds is 7. The molecule has 122 valence electrons. The van der Waals surface area contributed by atoms with Crippen molar-refractivity contribution in [1.29, 1.82) is 0 Å². The molecule has 1 heterocycles. The fraction of sp³-hybridized carbons (Fsp3) is 0.824. The van der Waals surface area contributed by atoms with Crippen molar-refractivity contribution in [3.63, 3.8) is 0 Å². The van der Waals surface area contributed by atoms with Gasteiger partial charge in [0.1, 0.15) is 0 Å². The fourth-order valence-electron chi connectivity index (χ4n) is 3.17. The van der Waals surface area contributed by atoms with Crippen LogP contribution in [0.25, 0.3) is 0 Å². The van der Waals surface area contributed by atoms with Crippen LogP contribution in [0.5, 0.6) is 0 Å². The molecule has 0 aromatic carbocycles. The minimum Gasteiger partial charge on any atom is -0.392 e. The predicted octanol–water partition coefficient (Wildman–Crippen LogP) is 3.21. The van der Waals surface area contributed by atoms with Crippen molar-refractivity contribution >= 4 is 0 Å². The molecular formula is C17H33N3O. The second-order valence-electron chi connectivity index (χ2n) is 7.18. The van der Waals surface area contributed by atoms with Gasteiger partial charge in [-0.3, -0.25) is 4.68 Å². The first-order valence-electron chi connectivity index (χ1n) is 8.07. The topological polar surface area (TPSA) is 50.1 Å². The number of nitrogens with one attached hydrogen (secondary N) is 1. The van der Waals surface area contributed by atoms with Crippen LogP contribution in [0.1, 0.15) is 64.5 Å². The van der Waals surface area contributed by atoms with Crippen molar-refractivity contribution in [2.45, 2.75) is 74.1 Å². The third-order valence-corrected chi connectivity index (χ3v) is 4.47. The van der Waals surface area contributed by atoms with Gasteiger partial charge in [0, 0.05) is 35.8 Å². The van der Waals surface area contributed by atoms with Gasteiger partial charge in [-0.2, -0.15) is 5.10 Å². The van der Waals surface area contributed by atoms with Gasteiger partial charge in [-0.05, 0) is 33.6 Å². The molecule has 2 unspecified atom stereocenters. The average molecular weight is 295 g/mol. The van der Waals surface area contributed by atoms with Crippen LogP contribution < -0.4 is 5.32 Å². The van der Waals surface area contributed by atoms with E-state index in [1.165, 1.54) is 11.3 Å². The van der Waals surface area contributed by atoms with Crippen molar-refractivity contribution in [2.24, 2.45) is 11.3 Å². The Balaban J connectivity index is 2.79. The second-order valence-corrected chi connectivity index (χ2v) is 7.18. The Labute approximate surface area is 129 Å². The third kappa shape index (κ3) is 4.07. The number of aromatic nitrogens is 2. The lowest BCUT2D eigenvalue weighted by molar-refractivity contribution is 0.0123. The van der Waals surface area contributed by atoms with E-state index in [4.69, 9.17) is 0 Å². The standard InChI is InChI=1S/C17H33N3O/c1-9-20-14(6)15(13(5)19-20)12(4)18-10-17(7,8)16(21)11(2)3/h11-12,16,18,21H,9-10H2,1-8H3. The molecule has 2 N–H and O–H groups in total. The number of hydrogen-bond donors (Lipinski definition) is 2. The molecular weight excluding hydrogens is 262 g/mol. The maximum absolute atomic E-state index is 10.3. The van der Waals surface area contributed by atoms with Crippen LogP contribution in [-0.2, 0) is 6.54 Å². The fourth-order valence-corrected chi connectivity index (χ4v) is 3.17. The monoisotopic (exact) mass is 295 g/mol. The summed E-state index contributed by atoms with van der Waals surface area (Å²) in [5.74, 6) is 0.267. The molecule has 0 saturated carbocycles. The van der Waals surface area contributed by atoms with E-state index in [1.54, 1.807) is 0 Å². The van der Waals surface area contributed by atoms with Crippen molar-refractivity contribution in [3.8, 4) is 0 Å². The van der Waals surface area contributed by atoms with Crippen LogP contribution in [0.2, 0.25) is 0 Å². The molecule has 1 aromatic heterocycles. The molecule has 0 fully saturated rings. The highest BCUT2D eigenvalue weighted by molar-refractivity contribution is 5.27. The number of aliphatic hydroxyl groups is 1. The third-order valence-electron chi connectivity index (χ3n) is 4.47. The molecule has 0 saturated heterocycles. The van der Waals surface area contributed by atoms with E-state index in [9.17, 15) is 5.11 Å². The van der Waals surface area contributed by atoms with E-state index < -0.39 is 0 Å². The largest absolute Gasteiger partial charge is 0.392 e. The second kappa shape index (κ2) is 6.93. The lowest BCUT2D eigenvalue weighted by atomic mass is 9.80. The van der Waals surface area contributed by atoms with Gasteiger partial charge in [-0.15, -0.1) is 0 Å². The summed E-state index contributed by atoms with van der Waals surface area (Å²) in [4.78, 5) is 0. The molecule has 0 bridgehead atoms. The van der Waals surface area contributed by atoms with E-state index in [0.717, 1.165) is 18.8 Å². The van der Waals surface area contributed by atoms with Gasteiger partial charge in [-0.25, -0.2) is 0 Å². The van der Waals surface area contributed by atoms with Gasteiger partial charge in [0.2, 0.25) is 0 Å². The zero-order valence-corrected chi connectivity index (χ0v) is 15.0. The first-order valence-corrected chi connectivity index (χ1v) is 8.07. The van der Waals surface area contributed by atoms with Gasteiger partial charge < -0.3 is 10.4 Å². The van der Waals surface area contributed by atoms with Crippen LogP contribution in [-0.4, -0.2) is 27.5 Å². The molecule has 2 atom stereocenters. The summed E-state index contributed by atoms with van der Waals surface area (Å²) in [5.41, 5.74) is 3.46. The average Bonchev–Trinajstić information content (AvgIpc) is 2.69. The summed E-state index contributed by atoms with van der Waals surface area (Å²) >= 11 is 0. The highest BCUT2D eigenvalue weighted by Crippen LogP contribution is 2.27. The summed E-state index contributed by atoms with van der Waals surface area (Å²) in [5, 5.41) is 18.5. The van der Waals surface area contributed by atoms with E-state index in [2.05, 4.69) is 70.5 Å². The molecule has 1 aromatic rings. The lowest BCUT2D eigenvalue weighted by Crippen LogP contribution is -2.42. The molecule has 0 amide bonds. The molecule has 4 nitrogen and oxygen atoms in total. The van der Waals surface area contributed by atoms with Gasteiger partial charge in [0.15, 0.2) is 0 Å². The smallest absolute Gasteiger partial charge is 0.0644 e. The minimum absolute atomic E-state index is 0.148. The van der Waals surface area contributed by atoms with Gasteiger partial charge in [0.05, 0.1) is 11.8 Å². The van der Waals surface area contributed by atoms with E-state index in [0.29, 0.717) is 0 Å². The molecule has 0 aliphatic rings. The van der Waals surface area contributed by atoms with Gasteiger partial charge >= 0.3 is 0 Å². The predicted molar refractivity (Wildman–Crippen MR) is 88.4 cm³/mol. The van der Waals surface area contributed by atoms with E-state index in [1.807, 2.05) is 0 Å². The molecule has 0 aliphatic carbocycles. The zero-order chi connectivity index (χ0) is 16.4. The summed E-state index contributed by atoms with van der Waals surface area (Å²) in [6, 6.07) is 0.240. The van der Waals surface area contributed by atoms with Gasteiger partial charge in [0.25, 0.3) is 0 Å². The lowest BCUT2D eigenvalue weighted by Gasteiger charge is -2.34.